The first-order valence-electron chi connectivity index (χ1n) is 5.55. The molecular weight excluding hydrogens is 218 g/mol. The fraction of sp³-hybridized carbons (Fsp3) is 0.333. The van der Waals surface area contributed by atoms with Crippen LogP contribution in [0.5, 0.6) is 0 Å². The van der Waals surface area contributed by atoms with Crippen molar-refractivity contribution in [3.63, 3.8) is 0 Å². The molecule has 0 bridgehead atoms. The van der Waals surface area contributed by atoms with E-state index in [0.29, 0.717) is 18.5 Å². The Morgan fingerprint density at radius 3 is 3.18 bits per heavy atom. The van der Waals surface area contributed by atoms with E-state index in [9.17, 15) is 4.79 Å². The van der Waals surface area contributed by atoms with E-state index in [1.807, 2.05) is 23.7 Å². The molecule has 1 amide bonds. The molecule has 0 atom stereocenters. The van der Waals surface area contributed by atoms with Crippen molar-refractivity contribution in [1.29, 1.82) is 0 Å². The zero-order valence-corrected chi connectivity index (χ0v) is 9.68. The number of nitrogens with zero attached hydrogens (tertiary/aromatic N) is 2. The van der Waals surface area contributed by atoms with E-state index in [1.165, 1.54) is 0 Å². The van der Waals surface area contributed by atoms with Crippen LogP contribution in [0.3, 0.4) is 0 Å². The molecule has 0 saturated carbocycles. The number of aliphatic hydroxyl groups is 1. The van der Waals surface area contributed by atoms with Gasteiger partial charge >= 0.3 is 0 Å². The van der Waals surface area contributed by atoms with Crippen molar-refractivity contribution in [3.05, 3.63) is 35.8 Å². The third-order valence-corrected chi connectivity index (χ3v) is 2.46. The molecular formula is C12H15N3O2. The van der Waals surface area contributed by atoms with Crippen molar-refractivity contribution in [3.8, 4) is 0 Å². The number of carbonyl (C=O) groups excluding carboxylic acids is 1. The summed E-state index contributed by atoms with van der Waals surface area (Å²) in [6.45, 7) is 2.47. The van der Waals surface area contributed by atoms with E-state index < -0.39 is 0 Å². The molecule has 17 heavy (non-hydrogen) atoms. The maximum Gasteiger partial charge on any atom is 0.251 e. The van der Waals surface area contributed by atoms with Gasteiger partial charge < -0.3 is 14.8 Å². The maximum atomic E-state index is 11.7. The number of imidazole rings is 1. The van der Waals surface area contributed by atoms with Crippen LogP contribution in [-0.2, 0) is 0 Å². The van der Waals surface area contributed by atoms with Crippen LogP contribution in [0.25, 0.3) is 5.65 Å². The molecule has 2 aromatic rings. The van der Waals surface area contributed by atoms with Crippen LogP contribution in [0.1, 0.15) is 22.5 Å². The molecule has 2 N–H and O–H groups in total. The largest absolute Gasteiger partial charge is 0.396 e. The second-order valence-corrected chi connectivity index (χ2v) is 3.90. The van der Waals surface area contributed by atoms with E-state index in [0.717, 1.165) is 11.3 Å². The van der Waals surface area contributed by atoms with Crippen LogP contribution >= 0.6 is 0 Å². The average Bonchev–Trinajstić information content (AvgIpc) is 2.68. The number of nitrogens with one attached hydrogen (secondary N) is 1. The molecule has 0 unspecified atom stereocenters. The average molecular weight is 233 g/mol. The number of rotatable bonds is 4. The Labute approximate surface area is 99.1 Å². The molecule has 0 spiro atoms. The van der Waals surface area contributed by atoms with Gasteiger partial charge in [-0.2, -0.15) is 0 Å². The fourth-order valence-electron chi connectivity index (χ4n) is 1.63. The maximum absolute atomic E-state index is 11.7. The minimum atomic E-state index is -0.137. The van der Waals surface area contributed by atoms with Gasteiger partial charge in [0.25, 0.3) is 5.91 Å². The summed E-state index contributed by atoms with van der Waals surface area (Å²) in [5.41, 5.74) is 2.26. The van der Waals surface area contributed by atoms with E-state index in [1.54, 1.807) is 12.1 Å². The number of fused-ring (bicyclic) bond motifs is 1. The summed E-state index contributed by atoms with van der Waals surface area (Å²) in [5, 5.41) is 11.4. The smallest absolute Gasteiger partial charge is 0.251 e. The molecule has 0 saturated heterocycles. The number of aliphatic hydroxyl groups excluding tert-OH is 1. The van der Waals surface area contributed by atoms with Crippen molar-refractivity contribution in [1.82, 2.24) is 14.7 Å². The molecule has 2 rings (SSSR count). The molecule has 0 aromatic carbocycles. The van der Waals surface area contributed by atoms with Crippen LogP contribution in [0.4, 0.5) is 0 Å². The predicted octanol–water partition coefficient (Wildman–Crippen LogP) is 0.755. The first-order chi connectivity index (χ1) is 8.20. The van der Waals surface area contributed by atoms with Crippen LogP contribution in [0.15, 0.2) is 24.5 Å². The van der Waals surface area contributed by atoms with E-state index >= 15 is 0 Å². The quantitative estimate of drug-likeness (QED) is 0.766. The highest BCUT2D eigenvalue weighted by molar-refractivity contribution is 5.94. The lowest BCUT2D eigenvalue weighted by atomic mass is 10.2. The Balaban J connectivity index is 2.15. The third-order valence-electron chi connectivity index (χ3n) is 2.46. The zero-order chi connectivity index (χ0) is 12.3. The Bertz CT molecular complexity index is 534. The highest BCUT2D eigenvalue weighted by Gasteiger charge is 2.06. The Kier molecular flexibility index (Phi) is 3.39. The second kappa shape index (κ2) is 4.97. The molecule has 5 nitrogen and oxygen atoms in total. The van der Waals surface area contributed by atoms with Gasteiger partial charge in [0.05, 0.1) is 5.69 Å². The van der Waals surface area contributed by atoms with E-state index in [2.05, 4.69) is 10.3 Å². The van der Waals surface area contributed by atoms with Gasteiger partial charge in [-0.25, -0.2) is 4.98 Å². The van der Waals surface area contributed by atoms with Gasteiger partial charge in [0.1, 0.15) is 5.65 Å². The first kappa shape index (κ1) is 11.6. The molecule has 2 heterocycles. The second-order valence-electron chi connectivity index (χ2n) is 3.90. The Hall–Kier alpha value is -1.88. The van der Waals surface area contributed by atoms with Gasteiger partial charge in [-0.05, 0) is 25.5 Å². The molecule has 5 heteroatoms. The monoisotopic (exact) mass is 233 g/mol. The summed E-state index contributed by atoms with van der Waals surface area (Å²) >= 11 is 0. The predicted molar refractivity (Wildman–Crippen MR) is 64.0 cm³/mol. The van der Waals surface area contributed by atoms with Gasteiger partial charge in [0, 0.05) is 31.1 Å². The van der Waals surface area contributed by atoms with Crippen LogP contribution < -0.4 is 5.32 Å². The highest BCUT2D eigenvalue weighted by atomic mass is 16.3. The van der Waals surface area contributed by atoms with Crippen molar-refractivity contribution in [2.45, 2.75) is 13.3 Å². The lowest BCUT2D eigenvalue weighted by Gasteiger charge is -2.04. The summed E-state index contributed by atoms with van der Waals surface area (Å²) in [4.78, 5) is 16.0. The Morgan fingerprint density at radius 2 is 2.41 bits per heavy atom. The summed E-state index contributed by atoms with van der Waals surface area (Å²) in [5.74, 6) is -0.137. The molecule has 0 aliphatic rings. The summed E-state index contributed by atoms with van der Waals surface area (Å²) in [7, 11) is 0. The zero-order valence-electron chi connectivity index (χ0n) is 9.68. The minimum absolute atomic E-state index is 0.0821. The Morgan fingerprint density at radius 1 is 1.59 bits per heavy atom. The van der Waals surface area contributed by atoms with E-state index in [4.69, 9.17) is 5.11 Å². The standard InChI is InChI=1S/C12H15N3O2/c1-9-8-15-5-3-10(7-11(15)14-9)12(17)13-4-2-6-16/h3,5,7-8,16H,2,4,6H2,1H3,(H,13,17). The van der Waals surface area contributed by atoms with Crippen molar-refractivity contribution < 1.29 is 9.90 Å². The van der Waals surface area contributed by atoms with Crippen molar-refractivity contribution in [2.75, 3.05) is 13.2 Å². The van der Waals surface area contributed by atoms with Crippen molar-refractivity contribution >= 4 is 11.6 Å². The lowest BCUT2D eigenvalue weighted by Crippen LogP contribution is -2.25. The molecule has 0 aliphatic carbocycles. The minimum Gasteiger partial charge on any atom is -0.396 e. The number of aryl methyl sites for hydroxylation is 1. The number of pyridine rings is 1. The van der Waals surface area contributed by atoms with Crippen LogP contribution in [0, 0.1) is 6.92 Å². The number of hydrogen-bond donors (Lipinski definition) is 2. The number of hydrogen-bond acceptors (Lipinski definition) is 3. The van der Waals surface area contributed by atoms with E-state index in [-0.39, 0.29) is 12.5 Å². The SMILES string of the molecule is Cc1cn2ccc(C(=O)NCCCO)cc2n1. The molecule has 0 fully saturated rings. The third kappa shape index (κ3) is 2.62. The lowest BCUT2D eigenvalue weighted by molar-refractivity contribution is 0.0951. The number of amides is 1. The summed E-state index contributed by atoms with van der Waals surface area (Å²) in [6, 6.07) is 3.50. The molecule has 2 aromatic heterocycles. The van der Waals surface area contributed by atoms with Gasteiger partial charge in [0.15, 0.2) is 0 Å². The molecule has 90 valence electrons. The van der Waals surface area contributed by atoms with Crippen LogP contribution in [-0.4, -0.2) is 33.6 Å². The van der Waals surface area contributed by atoms with Crippen molar-refractivity contribution in [2.24, 2.45) is 0 Å². The molecule has 0 aliphatic heterocycles. The van der Waals surface area contributed by atoms with Gasteiger partial charge in [0.2, 0.25) is 0 Å². The van der Waals surface area contributed by atoms with Gasteiger partial charge in [-0.15, -0.1) is 0 Å². The number of carbonyl (C=O) groups is 1. The number of aromatic nitrogens is 2. The first-order valence-corrected chi connectivity index (χ1v) is 5.55. The van der Waals surface area contributed by atoms with Gasteiger partial charge in [-0.1, -0.05) is 0 Å². The highest BCUT2D eigenvalue weighted by Crippen LogP contribution is 2.07. The molecule has 0 radical (unpaired) electrons. The topological polar surface area (TPSA) is 66.6 Å². The normalized spacial score (nSPS) is 10.7. The fourth-order valence-corrected chi connectivity index (χ4v) is 1.63. The van der Waals surface area contributed by atoms with Crippen LogP contribution in [0.2, 0.25) is 0 Å². The summed E-state index contributed by atoms with van der Waals surface area (Å²) in [6.07, 6.45) is 4.29. The summed E-state index contributed by atoms with van der Waals surface area (Å²) < 4.78 is 1.87. The van der Waals surface area contributed by atoms with Gasteiger partial charge in [-0.3, -0.25) is 4.79 Å².